The molecule has 0 aliphatic carbocycles. The van der Waals surface area contributed by atoms with E-state index in [2.05, 4.69) is 15.8 Å². The summed E-state index contributed by atoms with van der Waals surface area (Å²) in [6.07, 6.45) is 1.40. The Morgan fingerprint density at radius 3 is 2.27 bits per heavy atom. The Bertz CT molecular complexity index is 1650. The number of aryl methyl sites for hydroxylation is 1. The van der Waals surface area contributed by atoms with Crippen LogP contribution in [-0.2, 0) is 0 Å². The highest BCUT2D eigenvalue weighted by atomic mass is 16.6. The number of carbonyl (C=O) groups excluding carboxylic acids is 3. The van der Waals surface area contributed by atoms with Gasteiger partial charge < -0.3 is 14.8 Å². The highest BCUT2D eigenvalue weighted by Crippen LogP contribution is 2.28. The molecule has 2 N–H and O–H groups in total. The molecule has 0 aliphatic rings. The summed E-state index contributed by atoms with van der Waals surface area (Å²) in [5.74, 6) is -1.00. The van der Waals surface area contributed by atoms with Gasteiger partial charge in [0.2, 0.25) is 0 Å². The van der Waals surface area contributed by atoms with Crippen LogP contribution < -0.4 is 20.2 Å². The number of hydrogen-bond acceptors (Lipinski definition) is 8. The van der Waals surface area contributed by atoms with Crippen LogP contribution in [0.3, 0.4) is 0 Å². The predicted molar refractivity (Wildman–Crippen MR) is 152 cm³/mol. The number of carbonyl (C=O) groups is 3. The van der Waals surface area contributed by atoms with Crippen LogP contribution in [0, 0.1) is 17.0 Å². The molecule has 0 saturated carbocycles. The Morgan fingerprint density at radius 2 is 1.56 bits per heavy atom. The van der Waals surface area contributed by atoms with Crippen LogP contribution in [0.1, 0.15) is 42.2 Å². The van der Waals surface area contributed by atoms with Gasteiger partial charge in [-0.05, 0) is 73.2 Å². The molecular weight excluding hydrogens is 528 g/mol. The quantitative estimate of drug-likeness (QED) is 0.0959. The van der Waals surface area contributed by atoms with Gasteiger partial charge >= 0.3 is 5.97 Å². The van der Waals surface area contributed by atoms with E-state index in [9.17, 15) is 24.5 Å². The second kappa shape index (κ2) is 12.8. The summed E-state index contributed by atoms with van der Waals surface area (Å²) in [4.78, 5) is 47.8. The first-order valence-electron chi connectivity index (χ1n) is 12.2. The van der Waals surface area contributed by atoms with Gasteiger partial charge in [0.1, 0.15) is 0 Å². The number of methoxy groups -OCH3 is 1. The smallest absolute Gasteiger partial charge is 0.343 e. The van der Waals surface area contributed by atoms with Crippen molar-refractivity contribution in [3.05, 3.63) is 129 Å². The standard InChI is InChI=1S/C30H24N4O7/c1-19-5-3-7-23(15-19)30(37)41-26-14-9-20(16-27(26)40-2)18-31-33-29(36)22-6-4-8-24(17-22)32-28(35)21-10-12-25(13-11-21)34(38)39/h3-18H,1-2H3,(H,32,35)(H,33,36). The number of hydrazone groups is 1. The van der Waals surface area contributed by atoms with Gasteiger partial charge in [0.05, 0.1) is 23.8 Å². The van der Waals surface area contributed by atoms with E-state index in [0.29, 0.717) is 22.6 Å². The number of rotatable bonds is 9. The number of nitrogens with one attached hydrogen (secondary N) is 2. The molecule has 11 heteroatoms. The van der Waals surface area contributed by atoms with Crippen LogP contribution in [0.15, 0.2) is 96.1 Å². The van der Waals surface area contributed by atoms with E-state index in [1.165, 1.54) is 43.7 Å². The average molecular weight is 553 g/mol. The Labute approximate surface area is 234 Å². The Balaban J connectivity index is 1.37. The fraction of sp³-hybridized carbons (Fsp3) is 0.0667. The Hall–Kier alpha value is -5.84. The van der Waals surface area contributed by atoms with Gasteiger partial charge in [-0.25, -0.2) is 10.2 Å². The largest absolute Gasteiger partial charge is 0.493 e. The van der Waals surface area contributed by atoms with Crippen molar-refractivity contribution in [1.82, 2.24) is 5.43 Å². The molecule has 206 valence electrons. The number of nitrogens with zero attached hydrogens (tertiary/aromatic N) is 2. The summed E-state index contributed by atoms with van der Waals surface area (Å²) < 4.78 is 10.8. The summed E-state index contributed by atoms with van der Waals surface area (Å²) in [7, 11) is 1.44. The lowest BCUT2D eigenvalue weighted by Crippen LogP contribution is -2.18. The number of nitro groups is 1. The van der Waals surface area contributed by atoms with Crippen molar-refractivity contribution in [3.8, 4) is 11.5 Å². The third kappa shape index (κ3) is 7.39. The molecule has 0 atom stereocenters. The number of nitro benzene ring substituents is 1. The second-order valence-corrected chi connectivity index (χ2v) is 8.71. The van der Waals surface area contributed by atoms with Crippen LogP contribution in [0.5, 0.6) is 11.5 Å². The third-order valence-electron chi connectivity index (χ3n) is 5.75. The van der Waals surface area contributed by atoms with Crippen LogP contribution in [0.4, 0.5) is 11.4 Å². The monoisotopic (exact) mass is 552 g/mol. The minimum absolute atomic E-state index is 0.128. The summed E-state index contributed by atoms with van der Waals surface area (Å²) in [6, 6.07) is 23.2. The molecule has 4 aromatic rings. The molecule has 0 bridgehead atoms. The fourth-order valence-corrected chi connectivity index (χ4v) is 3.69. The molecule has 0 saturated heterocycles. The van der Waals surface area contributed by atoms with Crippen molar-refractivity contribution < 1.29 is 28.8 Å². The maximum absolute atomic E-state index is 12.6. The second-order valence-electron chi connectivity index (χ2n) is 8.71. The molecule has 0 aliphatic heterocycles. The molecule has 0 spiro atoms. The normalized spacial score (nSPS) is 10.6. The molecule has 0 heterocycles. The lowest BCUT2D eigenvalue weighted by Gasteiger charge is -2.10. The van der Waals surface area contributed by atoms with Crippen molar-refractivity contribution in [3.63, 3.8) is 0 Å². The molecule has 0 aromatic heterocycles. The van der Waals surface area contributed by atoms with Gasteiger partial charge in [-0.2, -0.15) is 5.10 Å². The van der Waals surface area contributed by atoms with E-state index in [-0.39, 0.29) is 22.6 Å². The van der Waals surface area contributed by atoms with E-state index >= 15 is 0 Å². The highest BCUT2D eigenvalue weighted by Gasteiger charge is 2.14. The first-order valence-corrected chi connectivity index (χ1v) is 12.2. The minimum Gasteiger partial charge on any atom is -0.493 e. The van der Waals surface area contributed by atoms with Crippen molar-refractivity contribution >= 4 is 35.4 Å². The first-order chi connectivity index (χ1) is 19.7. The van der Waals surface area contributed by atoms with E-state index in [4.69, 9.17) is 9.47 Å². The SMILES string of the molecule is COc1cc(C=NNC(=O)c2cccc(NC(=O)c3ccc([N+](=O)[O-])cc3)c2)ccc1OC(=O)c1cccc(C)c1. The zero-order valence-corrected chi connectivity index (χ0v) is 22.0. The Morgan fingerprint density at radius 1 is 0.829 bits per heavy atom. The summed E-state index contributed by atoms with van der Waals surface area (Å²) in [6.45, 7) is 1.88. The topological polar surface area (TPSA) is 149 Å². The zero-order valence-electron chi connectivity index (χ0n) is 22.0. The number of ether oxygens (including phenoxy) is 2. The van der Waals surface area contributed by atoms with Crippen molar-refractivity contribution in [2.75, 3.05) is 12.4 Å². The van der Waals surface area contributed by atoms with Crippen LogP contribution >= 0.6 is 0 Å². The number of benzene rings is 4. The molecular formula is C30H24N4O7. The lowest BCUT2D eigenvalue weighted by molar-refractivity contribution is -0.384. The summed E-state index contributed by atoms with van der Waals surface area (Å²) in [5, 5.41) is 17.4. The molecule has 0 radical (unpaired) electrons. The van der Waals surface area contributed by atoms with E-state index in [1.54, 1.807) is 54.6 Å². The average Bonchev–Trinajstić information content (AvgIpc) is 2.97. The van der Waals surface area contributed by atoms with Crippen molar-refractivity contribution in [2.45, 2.75) is 6.92 Å². The molecule has 41 heavy (non-hydrogen) atoms. The molecule has 2 amide bonds. The maximum Gasteiger partial charge on any atom is 0.343 e. The van der Waals surface area contributed by atoms with Gasteiger partial charge in [0.15, 0.2) is 11.5 Å². The fourth-order valence-electron chi connectivity index (χ4n) is 3.69. The Kier molecular flexibility index (Phi) is 8.80. The van der Waals surface area contributed by atoms with Crippen molar-refractivity contribution in [2.24, 2.45) is 5.10 Å². The van der Waals surface area contributed by atoms with E-state index in [1.807, 2.05) is 13.0 Å². The molecule has 4 aromatic carbocycles. The van der Waals surface area contributed by atoms with Crippen LogP contribution in [-0.4, -0.2) is 36.0 Å². The molecule has 0 fully saturated rings. The molecule has 4 rings (SSSR count). The van der Waals surface area contributed by atoms with Crippen LogP contribution in [0.2, 0.25) is 0 Å². The number of non-ortho nitro benzene ring substituents is 1. The number of hydrogen-bond donors (Lipinski definition) is 2. The summed E-state index contributed by atoms with van der Waals surface area (Å²) in [5.41, 5.74) is 5.01. The lowest BCUT2D eigenvalue weighted by atomic mass is 10.1. The van der Waals surface area contributed by atoms with E-state index in [0.717, 1.165) is 5.56 Å². The number of amides is 2. The van der Waals surface area contributed by atoms with Gasteiger partial charge in [-0.1, -0.05) is 23.8 Å². The maximum atomic E-state index is 12.6. The van der Waals surface area contributed by atoms with Crippen LogP contribution in [0.25, 0.3) is 0 Å². The predicted octanol–water partition coefficient (Wildman–Crippen LogP) is 5.15. The van der Waals surface area contributed by atoms with Crippen molar-refractivity contribution in [1.29, 1.82) is 0 Å². The van der Waals surface area contributed by atoms with Gasteiger partial charge in [-0.15, -0.1) is 0 Å². The molecule has 0 unspecified atom stereocenters. The van der Waals surface area contributed by atoms with Gasteiger partial charge in [-0.3, -0.25) is 19.7 Å². The third-order valence-corrected chi connectivity index (χ3v) is 5.75. The van der Waals surface area contributed by atoms with E-state index < -0.39 is 22.7 Å². The van der Waals surface area contributed by atoms with Gasteiger partial charge in [0.25, 0.3) is 17.5 Å². The first kappa shape index (κ1) is 28.2. The number of esters is 1. The highest BCUT2D eigenvalue weighted by molar-refractivity contribution is 6.05. The number of anilines is 1. The molecule has 11 nitrogen and oxygen atoms in total. The summed E-state index contributed by atoms with van der Waals surface area (Å²) >= 11 is 0. The minimum atomic E-state index is -0.553. The van der Waals surface area contributed by atoms with Gasteiger partial charge in [0, 0.05) is 28.9 Å². The zero-order chi connectivity index (χ0) is 29.4.